The van der Waals surface area contributed by atoms with Crippen LogP contribution in [0.25, 0.3) is 0 Å². The van der Waals surface area contributed by atoms with Gasteiger partial charge in [-0.25, -0.2) is 0 Å². The Bertz CT molecular complexity index is 629. The summed E-state index contributed by atoms with van der Waals surface area (Å²) in [7, 11) is 1.93. The predicted molar refractivity (Wildman–Crippen MR) is 85.2 cm³/mol. The van der Waals surface area contributed by atoms with Crippen molar-refractivity contribution in [2.24, 2.45) is 0 Å². The Morgan fingerprint density at radius 3 is 2.67 bits per heavy atom. The summed E-state index contributed by atoms with van der Waals surface area (Å²) in [4.78, 5) is 15.3. The van der Waals surface area contributed by atoms with E-state index in [9.17, 15) is 4.79 Å². The van der Waals surface area contributed by atoms with Gasteiger partial charge in [0.2, 0.25) is 5.91 Å². The number of likely N-dealkylation sites (N-methyl/N-ethyl adjacent to an activating group) is 1. The molecular weight excluding hydrogens is 282 g/mol. The molecule has 1 N–H and O–H groups in total. The Labute approximate surface area is 128 Å². The molecule has 0 bridgehead atoms. The summed E-state index contributed by atoms with van der Waals surface area (Å²) in [5.74, 6) is -0.0642. The molecular formula is C16H17N3OS. The lowest BCUT2D eigenvalue weighted by atomic mass is 10.2. The van der Waals surface area contributed by atoms with E-state index in [1.807, 2.05) is 23.4 Å². The van der Waals surface area contributed by atoms with Crippen LogP contribution >= 0.6 is 11.3 Å². The number of rotatable bonds is 5. The van der Waals surface area contributed by atoms with Crippen LogP contribution in [0.2, 0.25) is 0 Å². The lowest BCUT2D eigenvalue weighted by Crippen LogP contribution is -2.31. The molecule has 21 heavy (non-hydrogen) atoms. The molecule has 2 rings (SSSR count). The summed E-state index contributed by atoms with van der Waals surface area (Å²) in [5.41, 5.74) is 1.28. The van der Waals surface area contributed by atoms with Crippen LogP contribution in [0.3, 0.4) is 0 Å². The lowest BCUT2D eigenvalue weighted by Gasteiger charge is -2.23. The van der Waals surface area contributed by atoms with E-state index in [0.717, 1.165) is 0 Å². The van der Waals surface area contributed by atoms with E-state index in [2.05, 4.69) is 24.4 Å². The van der Waals surface area contributed by atoms with E-state index in [4.69, 9.17) is 5.26 Å². The lowest BCUT2D eigenvalue weighted by molar-refractivity contribution is -0.117. The summed E-state index contributed by atoms with van der Waals surface area (Å²) in [6.45, 7) is 2.40. The molecule has 1 amide bonds. The van der Waals surface area contributed by atoms with Crippen LogP contribution in [0.15, 0.2) is 41.8 Å². The molecule has 4 nitrogen and oxygen atoms in total. The second kappa shape index (κ2) is 7.02. The number of hydrogen-bond acceptors (Lipinski definition) is 4. The second-order valence-electron chi connectivity index (χ2n) is 4.84. The van der Waals surface area contributed by atoms with Gasteiger partial charge in [-0.1, -0.05) is 6.07 Å². The maximum absolute atomic E-state index is 12.0. The largest absolute Gasteiger partial charge is 0.325 e. The fourth-order valence-electron chi connectivity index (χ4n) is 1.94. The summed E-state index contributed by atoms with van der Waals surface area (Å²) >= 11 is 1.69. The number of nitriles is 1. The van der Waals surface area contributed by atoms with E-state index in [-0.39, 0.29) is 11.9 Å². The first-order valence-corrected chi connectivity index (χ1v) is 7.52. The smallest absolute Gasteiger partial charge is 0.238 e. The van der Waals surface area contributed by atoms with Gasteiger partial charge in [-0.15, -0.1) is 11.3 Å². The molecule has 0 unspecified atom stereocenters. The van der Waals surface area contributed by atoms with Gasteiger partial charge >= 0.3 is 0 Å². The second-order valence-corrected chi connectivity index (χ2v) is 5.82. The van der Waals surface area contributed by atoms with Crippen molar-refractivity contribution in [1.82, 2.24) is 4.90 Å². The zero-order valence-electron chi connectivity index (χ0n) is 12.0. The first-order valence-electron chi connectivity index (χ1n) is 6.64. The molecule has 1 atom stereocenters. The molecule has 0 aliphatic carbocycles. The van der Waals surface area contributed by atoms with Crippen molar-refractivity contribution < 1.29 is 4.79 Å². The van der Waals surface area contributed by atoms with Gasteiger partial charge in [-0.3, -0.25) is 9.69 Å². The van der Waals surface area contributed by atoms with Gasteiger partial charge in [-0.05, 0) is 49.7 Å². The molecule has 1 aromatic heterocycles. The highest BCUT2D eigenvalue weighted by Gasteiger charge is 2.15. The topological polar surface area (TPSA) is 56.1 Å². The SMILES string of the molecule is C[C@@H](c1cccs1)N(C)CC(=O)Nc1ccc(C#N)cc1. The Kier molecular flexibility index (Phi) is 5.09. The number of amides is 1. The van der Waals surface area contributed by atoms with Gasteiger partial charge < -0.3 is 5.32 Å². The Morgan fingerprint density at radius 1 is 1.38 bits per heavy atom. The highest BCUT2D eigenvalue weighted by Crippen LogP contribution is 2.23. The summed E-state index contributed by atoms with van der Waals surface area (Å²) in [6, 6.07) is 13.2. The van der Waals surface area contributed by atoms with Crippen molar-refractivity contribution in [2.45, 2.75) is 13.0 Å². The molecule has 2 aromatic rings. The van der Waals surface area contributed by atoms with Gasteiger partial charge in [0, 0.05) is 16.6 Å². The predicted octanol–water partition coefficient (Wildman–Crippen LogP) is 3.25. The van der Waals surface area contributed by atoms with Gasteiger partial charge in [0.05, 0.1) is 18.2 Å². The fraction of sp³-hybridized carbons (Fsp3) is 0.250. The minimum Gasteiger partial charge on any atom is -0.325 e. The van der Waals surface area contributed by atoms with Crippen molar-refractivity contribution in [1.29, 1.82) is 5.26 Å². The third-order valence-corrected chi connectivity index (χ3v) is 4.35. The molecule has 0 aliphatic rings. The summed E-state index contributed by atoms with van der Waals surface area (Å²) in [5, 5.41) is 13.6. The van der Waals surface area contributed by atoms with E-state index < -0.39 is 0 Å². The number of thiophene rings is 1. The van der Waals surface area contributed by atoms with Gasteiger partial charge in [-0.2, -0.15) is 5.26 Å². The van der Waals surface area contributed by atoms with Crippen LogP contribution in [-0.4, -0.2) is 24.4 Å². The van der Waals surface area contributed by atoms with E-state index in [1.165, 1.54) is 4.88 Å². The molecule has 1 aromatic carbocycles. The van der Waals surface area contributed by atoms with Crippen LogP contribution in [-0.2, 0) is 4.79 Å². The first kappa shape index (κ1) is 15.2. The molecule has 1 heterocycles. The number of carbonyl (C=O) groups is 1. The number of nitrogens with one attached hydrogen (secondary N) is 1. The van der Waals surface area contributed by atoms with Crippen molar-refractivity contribution in [2.75, 3.05) is 18.9 Å². The van der Waals surface area contributed by atoms with Crippen molar-refractivity contribution in [3.05, 3.63) is 52.2 Å². The van der Waals surface area contributed by atoms with Crippen LogP contribution in [0.1, 0.15) is 23.4 Å². The van der Waals surface area contributed by atoms with Gasteiger partial charge in [0.1, 0.15) is 0 Å². The number of anilines is 1. The number of hydrogen-bond donors (Lipinski definition) is 1. The molecule has 0 aliphatic heterocycles. The molecule has 0 radical (unpaired) electrons. The summed E-state index contributed by atoms with van der Waals surface area (Å²) < 4.78 is 0. The first-order chi connectivity index (χ1) is 10.1. The van der Waals surface area contributed by atoms with Crippen LogP contribution in [0.5, 0.6) is 0 Å². The van der Waals surface area contributed by atoms with Gasteiger partial charge in [0.15, 0.2) is 0 Å². The number of carbonyl (C=O) groups excluding carboxylic acids is 1. The Balaban J connectivity index is 1.90. The molecule has 0 spiro atoms. The van der Waals surface area contributed by atoms with Crippen LogP contribution in [0, 0.1) is 11.3 Å². The standard InChI is InChI=1S/C16H17N3OS/c1-12(15-4-3-9-21-15)19(2)11-16(20)18-14-7-5-13(10-17)6-8-14/h3-9,12H,11H2,1-2H3,(H,18,20)/t12-/m0/s1. The minimum absolute atomic E-state index is 0.0642. The normalized spacial score (nSPS) is 11.9. The number of benzene rings is 1. The Hall–Kier alpha value is -2.16. The van der Waals surface area contributed by atoms with E-state index in [1.54, 1.807) is 35.6 Å². The van der Waals surface area contributed by atoms with Crippen LogP contribution in [0.4, 0.5) is 5.69 Å². The third kappa shape index (κ3) is 4.15. The van der Waals surface area contributed by atoms with Crippen molar-refractivity contribution in [3.63, 3.8) is 0 Å². The average molecular weight is 299 g/mol. The maximum Gasteiger partial charge on any atom is 0.238 e. The average Bonchev–Trinajstić information content (AvgIpc) is 3.01. The number of nitrogens with zero attached hydrogens (tertiary/aromatic N) is 2. The van der Waals surface area contributed by atoms with E-state index in [0.29, 0.717) is 17.8 Å². The third-order valence-electron chi connectivity index (χ3n) is 3.31. The van der Waals surface area contributed by atoms with Crippen molar-refractivity contribution >= 4 is 22.9 Å². The fourth-order valence-corrected chi connectivity index (χ4v) is 2.79. The van der Waals surface area contributed by atoms with Crippen molar-refractivity contribution in [3.8, 4) is 6.07 Å². The highest BCUT2D eigenvalue weighted by atomic mass is 32.1. The highest BCUT2D eigenvalue weighted by molar-refractivity contribution is 7.10. The quantitative estimate of drug-likeness (QED) is 0.922. The van der Waals surface area contributed by atoms with Gasteiger partial charge in [0.25, 0.3) is 0 Å². The molecule has 0 saturated heterocycles. The molecule has 0 saturated carbocycles. The van der Waals surface area contributed by atoms with Crippen LogP contribution < -0.4 is 5.32 Å². The Morgan fingerprint density at radius 2 is 2.10 bits per heavy atom. The maximum atomic E-state index is 12.0. The zero-order chi connectivity index (χ0) is 15.2. The monoisotopic (exact) mass is 299 g/mol. The summed E-state index contributed by atoms with van der Waals surface area (Å²) in [6.07, 6.45) is 0. The molecule has 5 heteroatoms. The zero-order valence-corrected chi connectivity index (χ0v) is 12.9. The molecule has 108 valence electrons. The van der Waals surface area contributed by atoms with E-state index >= 15 is 0 Å². The molecule has 0 fully saturated rings. The minimum atomic E-state index is -0.0642.